The third kappa shape index (κ3) is 2.08. The van der Waals surface area contributed by atoms with Gasteiger partial charge in [-0.3, -0.25) is 9.78 Å². The zero-order valence-corrected chi connectivity index (χ0v) is 9.02. The van der Waals surface area contributed by atoms with Gasteiger partial charge in [0.2, 0.25) is 0 Å². The number of hydrogen-bond acceptors (Lipinski definition) is 4. The Morgan fingerprint density at radius 3 is 2.81 bits per heavy atom. The van der Waals surface area contributed by atoms with Gasteiger partial charge in [-0.25, -0.2) is 4.98 Å². The Kier molecular flexibility index (Phi) is 2.68. The number of nitrogens with one attached hydrogen (secondary N) is 1. The Morgan fingerprint density at radius 1 is 1.31 bits per heavy atom. The van der Waals surface area contributed by atoms with Crippen LogP contribution in [-0.4, -0.2) is 22.1 Å². The van der Waals surface area contributed by atoms with Gasteiger partial charge < -0.3 is 9.72 Å². The second-order valence-corrected chi connectivity index (χ2v) is 3.33. The second-order valence-electron chi connectivity index (χ2n) is 3.33. The number of aromatic nitrogens is 3. The van der Waals surface area contributed by atoms with Crippen molar-refractivity contribution < 1.29 is 4.74 Å². The van der Waals surface area contributed by atoms with E-state index < -0.39 is 0 Å². The van der Waals surface area contributed by atoms with Crippen LogP contribution in [-0.2, 0) is 0 Å². The quantitative estimate of drug-likeness (QED) is 0.819. The van der Waals surface area contributed by atoms with E-state index in [1.54, 1.807) is 32.5 Å². The highest BCUT2D eigenvalue weighted by atomic mass is 16.5. The predicted octanol–water partition coefficient (Wildman–Crippen LogP) is 1.15. The van der Waals surface area contributed by atoms with E-state index in [1.807, 2.05) is 0 Å². The predicted molar refractivity (Wildman–Crippen MR) is 59.4 cm³/mol. The van der Waals surface area contributed by atoms with Crippen LogP contribution in [0.4, 0.5) is 0 Å². The van der Waals surface area contributed by atoms with Gasteiger partial charge in [-0.1, -0.05) is 0 Å². The van der Waals surface area contributed by atoms with Crippen molar-refractivity contribution in [3.63, 3.8) is 0 Å². The Labute approximate surface area is 92.2 Å². The molecule has 0 spiro atoms. The van der Waals surface area contributed by atoms with E-state index in [0.717, 1.165) is 5.56 Å². The van der Waals surface area contributed by atoms with Crippen molar-refractivity contribution in [2.24, 2.45) is 0 Å². The third-order valence-electron chi connectivity index (χ3n) is 2.10. The lowest BCUT2D eigenvalue weighted by Crippen LogP contribution is -2.08. The number of H-pyrrole nitrogens is 1. The Morgan fingerprint density at radius 2 is 2.12 bits per heavy atom. The average Bonchev–Trinajstić information content (AvgIpc) is 2.28. The van der Waals surface area contributed by atoms with E-state index in [1.165, 1.54) is 6.07 Å². The molecule has 1 N–H and O–H groups in total. The van der Waals surface area contributed by atoms with Crippen molar-refractivity contribution in [3.05, 3.63) is 40.7 Å². The van der Waals surface area contributed by atoms with Crippen LogP contribution in [0.25, 0.3) is 11.3 Å². The summed E-state index contributed by atoms with van der Waals surface area (Å²) in [5.41, 5.74) is 1.17. The minimum Gasteiger partial charge on any atom is -0.495 e. The number of ether oxygens (including phenoxy) is 1. The number of pyridine rings is 1. The summed E-state index contributed by atoms with van der Waals surface area (Å²) >= 11 is 0. The fourth-order valence-corrected chi connectivity index (χ4v) is 1.40. The molecule has 0 aliphatic rings. The van der Waals surface area contributed by atoms with Crippen molar-refractivity contribution in [1.29, 1.82) is 0 Å². The molecule has 0 saturated carbocycles. The summed E-state index contributed by atoms with van der Waals surface area (Å²) < 4.78 is 5.06. The topological polar surface area (TPSA) is 67.9 Å². The number of rotatable bonds is 2. The fraction of sp³-hybridized carbons (Fsp3) is 0.182. The Bertz CT molecular complexity index is 563. The van der Waals surface area contributed by atoms with Gasteiger partial charge in [0.25, 0.3) is 5.56 Å². The molecule has 2 heterocycles. The molecule has 0 atom stereocenters. The molecule has 2 aromatic heterocycles. The number of aromatic amines is 1. The molecule has 0 unspecified atom stereocenters. The van der Waals surface area contributed by atoms with Gasteiger partial charge in [0.05, 0.1) is 19.0 Å². The minimum atomic E-state index is -0.176. The van der Waals surface area contributed by atoms with E-state index in [0.29, 0.717) is 17.3 Å². The molecule has 0 radical (unpaired) electrons. The van der Waals surface area contributed by atoms with Crippen LogP contribution in [0.15, 0.2) is 29.3 Å². The number of hydrogen-bond donors (Lipinski definition) is 1. The molecule has 0 aliphatic heterocycles. The van der Waals surface area contributed by atoms with Gasteiger partial charge in [-0.15, -0.1) is 0 Å². The molecular formula is C11H11N3O2. The SMILES string of the molecule is COc1cncc(-c2cc(=O)[nH]c(C)n2)c1. The van der Waals surface area contributed by atoms with Gasteiger partial charge in [-0.05, 0) is 13.0 Å². The van der Waals surface area contributed by atoms with Gasteiger partial charge in [0.15, 0.2) is 0 Å². The van der Waals surface area contributed by atoms with Crippen LogP contribution in [0.3, 0.4) is 0 Å². The highest BCUT2D eigenvalue weighted by Gasteiger charge is 2.03. The first-order chi connectivity index (χ1) is 7.69. The van der Waals surface area contributed by atoms with Gasteiger partial charge in [0, 0.05) is 17.8 Å². The fourth-order valence-electron chi connectivity index (χ4n) is 1.40. The van der Waals surface area contributed by atoms with Crippen molar-refractivity contribution in [1.82, 2.24) is 15.0 Å². The van der Waals surface area contributed by atoms with E-state index in [-0.39, 0.29) is 5.56 Å². The monoisotopic (exact) mass is 217 g/mol. The molecule has 5 heteroatoms. The molecule has 2 aromatic rings. The standard InChI is InChI=1S/C11H11N3O2/c1-7-13-10(4-11(15)14-7)8-3-9(16-2)6-12-5-8/h3-6H,1-2H3,(H,13,14,15). The summed E-state index contributed by atoms with van der Waals surface area (Å²) in [5, 5.41) is 0. The summed E-state index contributed by atoms with van der Waals surface area (Å²) in [6.07, 6.45) is 3.24. The molecule has 0 aromatic carbocycles. The van der Waals surface area contributed by atoms with Crippen molar-refractivity contribution in [2.45, 2.75) is 6.92 Å². The molecule has 2 rings (SSSR count). The lowest BCUT2D eigenvalue weighted by Gasteiger charge is -2.03. The lowest BCUT2D eigenvalue weighted by atomic mass is 10.2. The first-order valence-corrected chi connectivity index (χ1v) is 4.76. The average molecular weight is 217 g/mol. The summed E-state index contributed by atoms with van der Waals surface area (Å²) in [5.74, 6) is 1.21. The normalized spacial score (nSPS) is 10.1. The van der Waals surface area contributed by atoms with E-state index in [2.05, 4.69) is 15.0 Å². The largest absolute Gasteiger partial charge is 0.495 e. The summed E-state index contributed by atoms with van der Waals surface area (Å²) in [6, 6.07) is 3.22. The first-order valence-electron chi connectivity index (χ1n) is 4.76. The molecule has 5 nitrogen and oxygen atoms in total. The number of methoxy groups -OCH3 is 1. The summed E-state index contributed by atoms with van der Waals surface area (Å²) in [6.45, 7) is 1.73. The molecule has 0 bridgehead atoms. The summed E-state index contributed by atoms with van der Waals surface area (Å²) in [4.78, 5) is 22.1. The maximum absolute atomic E-state index is 11.3. The maximum Gasteiger partial charge on any atom is 0.251 e. The Hall–Kier alpha value is -2.17. The number of nitrogens with zero attached hydrogens (tertiary/aromatic N) is 2. The van der Waals surface area contributed by atoms with Crippen molar-refractivity contribution in [3.8, 4) is 17.0 Å². The molecule has 0 fully saturated rings. The van der Waals surface area contributed by atoms with Crippen LogP contribution in [0.1, 0.15) is 5.82 Å². The highest BCUT2D eigenvalue weighted by Crippen LogP contribution is 2.19. The van der Waals surface area contributed by atoms with Crippen molar-refractivity contribution in [2.75, 3.05) is 7.11 Å². The van der Waals surface area contributed by atoms with Crippen LogP contribution in [0, 0.1) is 6.92 Å². The van der Waals surface area contributed by atoms with Gasteiger partial charge >= 0.3 is 0 Å². The Balaban J connectivity index is 2.53. The zero-order valence-electron chi connectivity index (χ0n) is 9.02. The third-order valence-corrected chi connectivity index (χ3v) is 2.10. The van der Waals surface area contributed by atoms with Gasteiger partial charge in [-0.2, -0.15) is 0 Å². The van der Waals surface area contributed by atoms with E-state index in [4.69, 9.17) is 4.74 Å². The smallest absolute Gasteiger partial charge is 0.251 e. The maximum atomic E-state index is 11.3. The van der Waals surface area contributed by atoms with E-state index in [9.17, 15) is 4.79 Å². The lowest BCUT2D eigenvalue weighted by molar-refractivity contribution is 0.413. The van der Waals surface area contributed by atoms with Crippen molar-refractivity contribution >= 4 is 0 Å². The molecular weight excluding hydrogens is 206 g/mol. The van der Waals surface area contributed by atoms with Crippen LogP contribution in [0.2, 0.25) is 0 Å². The van der Waals surface area contributed by atoms with Crippen LogP contribution < -0.4 is 10.3 Å². The van der Waals surface area contributed by atoms with E-state index >= 15 is 0 Å². The van der Waals surface area contributed by atoms with Gasteiger partial charge in [0.1, 0.15) is 11.6 Å². The molecule has 0 amide bonds. The molecule has 0 aliphatic carbocycles. The second kappa shape index (κ2) is 4.14. The van der Waals surface area contributed by atoms with Crippen LogP contribution >= 0.6 is 0 Å². The molecule has 0 saturated heterocycles. The summed E-state index contributed by atoms with van der Waals surface area (Å²) in [7, 11) is 1.57. The number of aryl methyl sites for hydroxylation is 1. The highest BCUT2D eigenvalue weighted by molar-refractivity contribution is 5.59. The molecule has 82 valence electrons. The molecule has 16 heavy (non-hydrogen) atoms. The minimum absolute atomic E-state index is 0.176. The zero-order chi connectivity index (χ0) is 11.5. The first kappa shape index (κ1) is 10.4. The van der Waals surface area contributed by atoms with Crippen LogP contribution in [0.5, 0.6) is 5.75 Å².